The third kappa shape index (κ3) is 5.46. The standard InChI is InChI=1S/C20H31N3O3/c1-14(2)13-18(20(25)26)21-19(24)16-5-7-17(8-6-16)23-11-9-22(10-12-23)15(3)4/h5-8,14-15,18H,9-13H2,1-4H3,(H,21,24)(H,25,26)/t18-/m0/s1. The van der Waals surface area contributed by atoms with Crippen LogP contribution in [-0.2, 0) is 4.79 Å². The van der Waals surface area contributed by atoms with Gasteiger partial charge in [0.05, 0.1) is 0 Å². The SMILES string of the molecule is CC(C)C[C@H](NC(=O)c1ccc(N2CCN(C(C)C)CC2)cc1)C(=O)O. The molecule has 144 valence electrons. The quantitative estimate of drug-likeness (QED) is 0.780. The predicted molar refractivity (Wildman–Crippen MR) is 104 cm³/mol. The first-order valence-electron chi connectivity index (χ1n) is 9.40. The van der Waals surface area contributed by atoms with E-state index < -0.39 is 12.0 Å². The number of hydrogen-bond acceptors (Lipinski definition) is 4. The summed E-state index contributed by atoms with van der Waals surface area (Å²) < 4.78 is 0. The minimum absolute atomic E-state index is 0.197. The molecule has 1 saturated heterocycles. The zero-order valence-corrected chi connectivity index (χ0v) is 16.2. The molecule has 6 nitrogen and oxygen atoms in total. The van der Waals surface area contributed by atoms with Crippen molar-refractivity contribution >= 4 is 17.6 Å². The summed E-state index contributed by atoms with van der Waals surface area (Å²) in [4.78, 5) is 28.4. The van der Waals surface area contributed by atoms with Gasteiger partial charge in [-0.05, 0) is 50.5 Å². The smallest absolute Gasteiger partial charge is 0.326 e. The molecule has 1 aromatic rings. The lowest BCUT2D eigenvalue weighted by atomic mass is 10.0. The van der Waals surface area contributed by atoms with Crippen molar-refractivity contribution in [3.8, 4) is 0 Å². The third-order valence-electron chi connectivity index (χ3n) is 4.85. The zero-order valence-electron chi connectivity index (χ0n) is 16.2. The lowest BCUT2D eigenvalue weighted by Crippen LogP contribution is -2.48. The molecule has 0 aromatic heterocycles. The number of carboxylic acids is 1. The first kappa shape index (κ1) is 20.2. The van der Waals surface area contributed by atoms with E-state index in [1.807, 2.05) is 26.0 Å². The molecule has 6 heteroatoms. The van der Waals surface area contributed by atoms with Crippen molar-refractivity contribution in [1.82, 2.24) is 10.2 Å². The minimum atomic E-state index is -0.994. The van der Waals surface area contributed by atoms with E-state index in [1.54, 1.807) is 12.1 Å². The highest BCUT2D eigenvalue weighted by molar-refractivity contribution is 5.96. The maximum atomic E-state index is 12.4. The molecule has 0 saturated carbocycles. The summed E-state index contributed by atoms with van der Waals surface area (Å²) in [5.74, 6) is -1.13. The molecule has 2 rings (SSSR count). The molecule has 1 amide bonds. The van der Waals surface area contributed by atoms with Gasteiger partial charge in [0.25, 0.3) is 5.91 Å². The lowest BCUT2D eigenvalue weighted by molar-refractivity contribution is -0.139. The molecule has 1 aliphatic rings. The first-order valence-corrected chi connectivity index (χ1v) is 9.40. The van der Waals surface area contributed by atoms with Crippen LogP contribution in [0.1, 0.15) is 44.5 Å². The van der Waals surface area contributed by atoms with Gasteiger partial charge in [-0.2, -0.15) is 0 Å². The Hall–Kier alpha value is -2.08. The second-order valence-electron chi connectivity index (χ2n) is 7.66. The third-order valence-corrected chi connectivity index (χ3v) is 4.85. The second-order valence-corrected chi connectivity index (χ2v) is 7.66. The van der Waals surface area contributed by atoms with Crippen LogP contribution in [0, 0.1) is 5.92 Å². The van der Waals surface area contributed by atoms with Crippen LogP contribution in [0.2, 0.25) is 0 Å². The van der Waals surface area contributed by atoms with Gasteiger partial charge in [0.15, 0.2) is 0 Å². The number of aliphatic carboxylic acids is 1. The summed E-state index contributed by atoms with van der Waals surface area (Å²) in [5, 5.41) is 11.9. The summed E-state index contributed by atoms with van der Waals surface area (Å²) in [6, 6.07) is 7.14. The van der Waals surface area contributed by atoms with Gasteiger partial charge in [-0.3, -0.25) is 9.69 Å². The van der Waals surface area contributed by atoms with Crippen molar-refractivity contribution in [1.29, 1.82) is 0 Å². The number of carboxylic acid groups (broad SMARTS) is 1. The molecule has 1 atom stereocenters. The summed E-state index contributed by atoms with van der Waals surface area (Å²) in [6.45, 7) is 12.3. The van der Waals surface area contributed by atoms with Gasteiger partial charge in [-0.15, -0.1) is 0 Å². The Kier molecular flexibility index (Phi) is 7.03. The Morgan fingerprint density at radius 3 is 2.08 bits per heavy atom. The number of nitrogens with zero attached hydrogens (tertiary/aromatic N) is 2. The Labute approximate surface area is 156 Å². The molecule has 0 unspecified atom stereocenters. The number of amides is 1. The van der Waals surface area contributed by atoms with E-state index >= 15 is 0 Å². The Morgan fingerprint density at radius 1 is 1.04 bits per heavy atom. The van der Waals surface area contributed by atoms with Crippen molar-refractivity contribution in [2.24, 2.45) is 5.92 Å². The fourth-order valence-corrected chi connectivity index (χ4v) is 3.25. The van der Waals surface area contributed by atoms with E-state index in [9.17, 15) is 14.7 Å². The number of hydrogen-bond donors (Lipinski definition) is 2. The number of nitrogens with one attached hydrogen (secondary N) is 1. The molecule has 0 radical (unpaired) electrons. The molecule has 26 heavy (non-hydrogen) atoms. The summed E-state index contributed by atoms with van der Waals surface area (Å²) in [5.41, 5.74) is 1.59. The largest absolute Gasteiger partial charge is 0.480 e. The van der Waals surface area contributed by atoms with Crippen molar-refractivity contribution in [2.45, 2.75) is 46.2 Å². The van der Waals surface area contributed by atoms with Crippen LogP contribution in [0.25, 0.3) is 0 Å². The molecule has 0 bridgehead atoms. The van der Waals surface area contributed by atoms with Crippen molar-refractivity contribution in [3.63, 3.8) is 0 Å². The van der Waals surface area contributed by atoms with Crippen LogP contribution in [0.4, 0.5) is 5.69 Å². The molecular weight excluding hydrogens is 330 g/mol. The van der Waals surface area contributed by atoms with E-state index in [0.29, 0.717) is 18.0 Å². The van der Waals surface area contributed by atoms with E-state index in [-0.39, 0.29) is 11.8 Å². The molecule has 1 aromatic carbocycles. The van der Waals surface area contributed by atoms with Crippen LogP contribution < -0.4 is 10.2 Å². The van der Waals surface area contributed by atoms with Gasteiger partial charge in [0.1, 0.15) is 6.04 Å². The molecule has 2 N–H and O–H groups in total. The summed E-state index contributed by atoms with van der Waals surface area (Å²) >= 11 is 0. The van der Waals surface area contributed by atoms with Crippen molar-refractivity contribution in [2.75, 3.05) is 31.1 Å². The lowest BCUT2D eigenvalue weighted by Gasteiger charge is -2.38. The highest BCUT2D eigenvalue weighted by Crippen LogP contribution is 2.18. The fraction of sp³-hybridized carbons (Fsp3) is 0.600. The van der Waals surface area contributed by atoms with E-state index in [1.165, 1.54) is 0 Å². The van der Waals surface area contributed by atoms with Crippen LogP contribution in [0.15, 0.2) is 24.3 Å². The Bertz CT molecular complexity index is 605. The highest BCUT2D eigenvalue weighted by atomic mass is 16.4. The maximum absolute atomic E-state index is 12.4. The maximum Gasteiger partial charge on any atom is 0.326 e. The van der Waals surface area contributed by atoms with Gasteiger partial charge < -0.3 is 15.3 Å². The van der Waals surface area contributed by atoms with Gasteiger partial charge in [-0.25, -0.2) is 4.79 Å². The van der Waals surface area contributed by atoms with Gasteiger partial charge in [0.2, 0.25) is 0 Å². The van der Waals surface area contributed by atoms with E-state index in [0.717, 1.165) is 31.9 Å². The summed E-state index contributed by atoms with van der Waals surface area (Å²) in [7, 11) is 0. The monoisotopic (exact) mass is 361 g/mol. The predicted octanol–water partition coefficient (Wildman–Crippen LogP) is 2.45. The average molecular weight is 361 g/mol. The van der Waals surface area contributed by atoms with Crippen molar-refractivity contribution < 1.29 is 14.7 Å². The molecule has 0 aliphatic carbocycles. The molecule has 0 spiro atoms. The molecular formula is C20H31N3O3. The van der Waals surface area contributed by atoms with E-state index in [2.05, 4.69) is 29.0 Å². The number of rotatable bonds is 7. The second kappa shape index (κ2) is 9.03. The number of piperazine rings is 1. The summed E-state index contributed by atoms with van der Waals surface area (Å²) in [6.07, 6.45) is 0.416. The molecule has 1 heterocycles. The van der Waals surface area contributed by atoms with Crippen LogP contribution in [-0.4, -0.2) is 60.1 Å². The van der Waals surface area contributed by atoms with Crippen LogP contribution >= 0.6 is 0 Å². The van der Waals surface area contributed by atoms with Gasteiger partial charge in [0, 0.05) is 43.5 Å². The normalized spacial score (nSPS) is 16.8. The fourth-order valence-electron chi connectivity index (χ4n) is 3.25. The molecule has 1 aliphatic heterocycles. The van der Waals surface area contributed by atoms with Gasteiger partial charge >= 0.3 is 5.97 Å². The topological polar surface area (TPSA) is 72.9 Å². The van der Waals surface area contributed by atoms with Gasteiger partial charge in [-0.1, -0.05) is 13.8 Å². The number of carbonyl (C=O) groups excluding carboxylic acids is 1. The van der Waals surface area contributed by atoms with Crippen LogP contribution in [0.5, 0.6) is 0 Å². The average Bonchev–Trinajstić information content (AvgIpc) is 2.61. The highest BCUT2D eigenvalue weighted by Gasteiger charge is 2.22. The van der Waals surface area contributed by atoms with Crippen molar-refractivity contribution in [3.05, 3.63) is 29.8 Å². The number of carbonyl (C=O) groups is 2. The van der Waals surface area contributed by atoms with Crippen LogP contribution in [0.3, 0.4) is 0 Å². The molecule has 1 fully saturated rings. The number of benzene rings is 1. The minimum Gasteiger partial charge on any atom is -0.480 e. The first-order chi connectivity index (χ1) is 12.3. The zero-order chi connectivity index (χ0) is 19.3. The Morgan fingerprint density at radius 2 is 1.62 bits per heavy atom. The Balaban J connectivity index is 1.96. The number of anilines is 1. The van der Waals surface area contributed by atoms with E-state index in [4.69, 9.17) is 0 Å².